The molecule has 3 nitrogen and oxygen atoms in total. The predicted octanol–water partition coefficient (Wildman–Crippen LogP) is 1.50. The van der Waals surface area contributed by atoms with Gasteiger partial charge in [-0.25, -0.2) is 0 Å². The molecule has 0 amide bonds. The van der Waals surface area contributed by atoms with Crippen molar-refractivity contribution in [2.24, 2.45) is 7.05 Å². The van der Waals surface area contributed by atoms with E-state index in [4.69, 9.17) is 0 Å². The van der Waals surface area contributed by atoms with Crippen LogP contribution in [0.2, 0.25) is 0 Å². The van der Waals surface area contributed by atoms with Crippen molar-refractivity contribution in [2.75, 3.05) is 12.4 Å². The van der Waals surface area contributed by atoms with Gasteiger partial charge in [0.05, 0.1) is 17.1 Å². The normalized spacial score (nSPS) is 9.09. The zero-order valence-electron chi connectivity index (χ0n) is 7.30. The maximum Gasteiger partial charge on any atom is 0.0827 e. The fraction of sp³-hybridized carbons (Fsp3) is 0.571. The molecule has 0 saturated carbocycles. The van der Waals surface area contributed by atoms with Gasteiger partial charge in [-0.1, -0.05) is 0 Å². The Morgan fingerprint density at radius 2 is 1.91 bits per heavy atom. The van der Waals surface area contributed by atoms with Crippen LogP contribution in [0.1, 0.15) is 11.4 Å². The molecule has 1 aromatic rings. The fourth-order valence-electron chi connectivity index (χ4n) is 1.14. The lowest BCUT2D eigenvalue weighted by molar-refractivity contribution is 0.731. The van der Waals surface area contributed by atoms with Crippen LogP contribution in [0.3, 0.4) is 0 Å². The van der Waals surface area contributed by atoms with Crippen molar-refractivity contribution in [1.29, 1.82) is 0 Å². The average Bonchev–Trinajstić information content (AvgIpc) is 2.09. The van der Waals surface area contributed by atoms with Crippen LogP contribution in [0, 0.1) is 13.8 Å². The molecule has 11 heavy (non-hydrogen) atoms. The summed E-state index contributed by atoms with van der Waals surface area (Å²) >= 11 is 0. The number of hydrogen-bond acceptors (Lipinski definition) is 2. The maximum atomic E-state index is 4.24. The quantitative estimate of drug-likeness (QED) is 0.701. The number of nitrogens with one attached hydrogen (secondary N) is 1. The van der Waals surface area contributed by atoms with Crippen LogP contribution in [-0.4, -0.2) is 16.8 Å². The van der Waals surface area contributed by atoms with Crippen molar-refractivity contribution in [1.82, 2.24) is 9.78 Å². The Balaban J connectivity index is 0.000001000. The van der Waals surface area contributed by atoms with E-state index in [1.54, 1.807) is 0 Å². The summed E-state index contributed by atoms with van der Waals surface area (Å²) in [6, 6.07) is 0. The molecule has 0 aliphatic rings. The third-order valence-corrected chi connectivity index (χ3v) is 1.76. The monoisotopic (exact) mass is 175 g/mol. The molecule has 1 rings (SSSR count). The second kappa shape index (κ2) is 3.62. The van der Waals surface area contributed by atoms with E-state index in [1.165, 1.54) is 5.69 Å². The van der Waals surface area contributed by atoms with Gasteiger partial charge in [-0.3, -0.25) is 4.68 Å². The predicted molar refractivity (Wildman–Crippen MR) is 49.5 cm³/mol. The van der Waals surface area contributed by atoms with Gasteiger partial charge in [0.2, 0.25) is 0 Å². The second-order valence-corrected chi connectivity index (χ2v) is 2.42. The van der Waals surface area contributed by atoms with Crippen molar-refractivity contribution in [2.45, 2.75) is 13.8 Å². The van der Waals surface area contributed by atoms with E-state index < -0.39 is 0 Å². The van der Waals surface area contributed by atoms with E-state index >= 15 is 0 Å². The van der Waals surface area contributed by atoms with Gasteiger partial charge in [-0.2, -0.15) is 5.10 Å². The number of aryl methyl sites for hydroxylation is 2. The summed E-state index contributed by atoms with van der Waals surface area (Å²) in [4.78, 5) is 0. The molecule has 0 bridgehead atoms. The van der Waals surface area contributed by atoms with Crippen LogP contribution in [0.5, 0.6) is 0 Å². The lowest BCUT2D eigenvalue weighted by atomic mass is 10.3. The van der Waals surface area contributed by atoms with Gasteiger partial charge in [-0.15, -0.1) is 12.4 Å². The number of halogens is 1. The largest absolute Gasteiger partial charge is 0.385 e. The van der Waals surface area contributed by atoms with Gasteiger partial charge < -0.3 is 5.32 Å². The van der Waals surface area contributed by atoms with Crippen molar-refractivity contribution in [3.63, 3.8) is 0 Å². The molecule has 0 saturated heterocycles. The van der Waals surface area contributed by atoms with Gasteiger partial charge in [0, 0.05) is 14.1 Å². The van der Waals surface area contributed by atoms with Gasteiger partial charge in [0.15, 0.2) is 0 Å². The van der Waals surface area contributed by atoms with E-state index in [2.05, 4.69) is 10.4 Å². The summed E-state index contributed by atoms with van der Waals surface area (Å²) < 4.78 is 1.88. The van der Waals surface area contributed by atoms with Crippen LogP contribution in [0.25, 0.3) is 0 Å². The Morgan fingerprint density at radius 3 is 2.09 bits per heavy atom. The first-order valence-electron chi connectivity index (χ1n) is 3.34. The number of anilines is 1. The molecule has 0 aliphatic carbocycles. The van der Waals surface area contributed by atoms with Crippen LogP contribution in [-0.2, 0) is 7.05 Å². The van der Waals surface area contributed by atoms with E-state index in [-0.39, 0.29) is 12.4 Å². The Labute approximate surface area is 73.2 Å². The van der Waals surface area contributed by atoms with E-state index in [0.29, 0.717) is 0 Å². The van der Waals surface area contributed by atoms with E-state index in [1.807, 2.05) is 32.6 Å². The van der Waals surface area contributed by atoms with E-state index in [0.717, 1.165) is 11.4 Å². The minimum absolute atomic E-state index is 0. The summed E-state index contributed by atoms with van der Waals surface area (Å²) in [6.45, 7) is 4.05. The molecule has 1 heterocycles. The highest BCUT2D eigenvalue weighted by Gasteiger charge is 2.05. The molecular weight excluding hydrogens is 162 g/mol. The van der Waals surface area contributed by atoms with Gasteiger partial charge in [0.25, 0.3) is 0 Å². The van der Waals surface area contributed by atoms with Crippen molar-refractivity contribution < 1.29 is 0 Å². The molecule has 0 unspecified atom stereocenters. The molecule has 1 aromatic heterocycles. The second-order valence-electron chi connectivity index (χ2n) is 2.42. The highest BCUT2D eigenvalue weighted by Crippen LogP contribution is 2.16. The lowest BCUT2D eigenvalue weighted by Crippen LogP contribution is -1.94. The Bertz CT molecular complexity index is 242. The SMILES string of the molecule is CNc1c(C)nn(C)c1C.Cl. The standard InChI is InChI=1S/C7H13N3.ClH/c1-5-7(8-3)6(2)10(4)9-5;/h8H,1-4H3;1H. The summed E-state index contributed by atoms with van der Waals surface area (Å²) in [7, 11) is 3.86. The highest BCUT2D eigenvalue weighted by molar-refractivity contribution is 5.85. The summed E-state index contributed by atoms with van der Waals surface area (Å²) in [5.74, 6) is 0. The van der Waals surface area contributed by atoms with Crippen LogP contribution in [0.15, 0.2) is 0 Å². The van der Waals surface area contributed by atoms with Crippen LogP contribution >= 0.6 is 12.4 Å². The zero-order chi connectivity index (χ0) is 7.72. The van der Waals surface area contributed by atoms with Crippen molar-refractivity contribution in [3.8, 4) is 0 Å². The molecule has 0 fully saturated rings. The molecule has 0 radical (unpaired) electrons. The lowest BCUT2D eigenvalue weighted by Gasteiger charge is -1.97. The Kier molecular flexibility index (Phi) is 3.39. The summed E-state index contributed by atoms with van der Waals surface area (Å²) in [5.41, 5.74) is 3.38. The fourth-order valence-corrected chi connectivity index (χ4v) is 1.14. The first-order chi connectivity index (χ1) is 4.66. The summed E-state index contributed by atoms with van der Waals surface area (Å²) in [6.07, 6.45) is 0. The summed E-state index contributed by atoms with van der Waals surface area (Å²) in [5, 5.41) is 7.34. The van der Waals surface area contributed by atoms with Gasteiger partial charge in [-0.05, 0) is 13.8 Å². The molecule has 1 N–H and O–H groups in total. The van der Waals surface area contributed by atoms with E-state index in [9.17, 15) is 0 Å². The third-order valence-electron chi connectivity index (χ3n) is 1.76. The molecule has 0 aromatic carbocycles. The zero-order valence-corrected chi connectivity index (χ0v) is 8.12. The molecule has 0 atom stereocenters. The number of rotatable bonds is 1. The first-order valence-corrected chi connectivity index (χ1v) is 3.34. The van der Waals surface area contributed by atoms with Crippen molar-refractivity contribution in [3.05, 3.63) is 11.4 Å². The van der Waals surface area contributed by atoms with Gasteiger partial charge in [0.1, 0.15) is 0 Å². The highest BCUT2D eigenvalue weighted by atomic mass is 35.5. The molecule has 64 valence electrons. The minimum atomic E-state index is 0. The Hall–Kier alpha value is -0.700. The van der Waals surface area contributed by atoms with Crippen LogP contribution in [0.4, 0.5) is 5.69 Å². The number of nitrogens with zero attached hydrogens (tertiary/aromatic N) is 2. The topological polar surface area (TPSA) is 29.9 Å². The maximum absolute atomic E-state index is 4.24. The molecule has 0 spiro atoms. The Morgan fingerprint density at radius 1 is 1.36 bits per heavy atom. The third kappa shape index (κ3) is 1.66. The number of hydrogen-bond donors (Lipinski definition) is 1. The first kappa shape index (κ1) is 10.3. The average molecular weight is 176 g/mol. The van der Waals surface area contributed by atoms with Crippen LogP contribution < -0.4 is 5.32 Å². The smallest absolute Gasteiger partial charge is 0.0827 e. The van der Waals surface area contributed by atoms with Crippen molar-refractivity contribution >= 4 is 18.1 Å². The molecule has 4 heteroatoms. The minimum Gasteiger partial charge on any atom is -0.385 e. The molecule has 0 aliphatic heterocycles. The number of aromatic nitrogens is 2. The molecular formula is C7H14ClN3. The van der Waals surface area contributed by atoms with Gasteiger partial charge >= 0.3 is 0 Å².